The number of ether oxygens (including phenoxy) is 1. The van der Waals surface area contributed by atoms with Gasteiger partial charge in [0.1, 0.15) is 0 Å². The molecule has 0 bridgehead atoms. The molecule has 2 aromatic rings. The molecule has 1 aliphatic heterocycles. The number of methoxy groups -OCH3 is 1. The van der Waals surface area contributed by atoms with E-state index in [0.29, 0.717) is 43.0 Å². The summed E-state index contributed by atoms with van der Waals surface area (Å²) in [6.07, 6.45) is 3.85. The molecule has 1 saturated heterocycles. The van der Waals surface area contributed by atoms with E-state index in [2.05, 4.69) is 0 Å². The number of halogens is 2. The largest absolute Gasteiger partial charge is 0.504 e. The fourth-order valence-corrected chi connectivity index (χ4v) is 7.43. The maximum Gasteiger partial charge on any atom is 0.238 e. The number of ketones is 2. The van der Waals surface area contributed by atoms with E-state index in [-0.39, 0.29) is 41.3 Å². The van der Waals surface area contributed by atoms with E-state index in [4.69, 9.17) is 16.3 Å². The van der Waals surface area contributed by atoms with Crippen molar-refractivity contribution in [3.05, 3.63) is 84.5 Å². The highest BCUT2D eigenvalue weighted by atomic mass is 127. The van der Waals surface area contributed by atoms with Gasteiger partial charge >= 0.3 is 0 Å². The molecule has 0 spiro atoms. The van der Waals surface area contributed by atoms with Crippen molar-refractivity contribution in [1.29, 1.82) is 0 Å². The summed E-state index contributed by atoms with van der Waals surface area (Å²) in [4.78, 5) is 55.8. The normalized spacial score (nSPS) is 25.9. The Morgan fingerprint density at radius 2 is 1.80 bits per heavy atom. The molecule has 40 heavy (non-hydrogen) atoms. The molecule has 6 rings (SSSR count). The Bertz CT molecular complexity index is 1650. The molecule has 7 nitrogen and oxygen atoms in total. The van der Waals surface area contributed by atoms with Gasteiger partial charge in [-0.15, -0.1) is 0 Å². The van der Waals surface area contributed by atoms with E-state index in [1.165, 1.54) is 18.1 Å². The number of aryl methyl sites for hydroxylation is 1. The van der Waals surface area contributed by atoms with Gasteiger partial charge in [-0.3, -0.25) is 19.2 Å². The van der Waals surface area contributed by atoms with Crippen LogP contribution in [0.1, 0.15) is 36.8 Å². The van der Waals surface area contributed by atoms with Crippen molar-refractivity contribution in [1.82, 2.24) is 0 Å². The standard InChI is InChI=1S/C31H25ClINO6/c1-13-4-5-16(11-21(13)32)34-30(38)18-7-6-17-19(26(18)31(34)39)12-20-23(35)8-14(2)28(36)27(20)25(17)15-9-22(33)29(37)24(10-15)40-3/h4-6,8-11,18-19,25-26,37H,7,12H2,1-3H3/t18-,19+,25-,26-/m0/s1. The quantitative estimate of drug-likeness (QED) is 0.198. The summed E-state index contributed by atoms with van der Waals surface area (Å²) in [5, 5.41) is 11.0. The molecule has 0 radical (unpaired) electrons. The Kier molecular flexibility index (Phi) is 6.53. The van der Waals surface area contributed by atoms with Gasteiger partial charge in [-0.05, 0) is 96.7 Å². The van der Waals surface area contributed by atoms with Crippen LogP contribution in [0.2, 0.25) is 5.02 Å². The number of Topliss-reactive ketones (excluding diaryl/α,β-unsaturated/α-hetero) is 1. The van der Waals surface area contributed by atoms with E-state index in [1.807, 2.05) is 35.6 Å². The predicted molar refractivity (Wildman–Crippen MR) is 157 cm³/mol. The summed E-state index contributed by atoms with van der Waals surface area (Å²) in [6, 6.07) is 8.57. The van der Waals surface area contributed by atoms with E-state index in [9.17, 15) is 24.3 Å². The van der Waals surface area contributed by atoms with Gasteiger partial charge in [-0.1, -0.05) is 29.3 Å². The number of imide groups is 1. The average Bonchev–Trinajstić information content (AvgIpc) is 3.19. The third-order valence-corrected chi connectivity index (χ3v) is 9.81. The first-order chi connectivity index (χ1) is 19.0. The minimum Gasteiger partial charge on any atom is -0.504 e. The molecule has 1 fully saturated rings. The maximum absolute atomic E-state index is 14.0. The number of hydrogen-bond donors (Lipinski definition) is 1. The van der Waals surface area contributed by atoms with Crippen LogP contribution in [-0.2, 0) is 19.2 Å². The SMILES string of the molecule is COc1cc([C@H]2C3=CC[C@@H]4C(=O)N(c5ccc(C)c(Cl)c5)C(=O)[C@@H]4[C@@H]3CC3=C2C(=O)C(C)=CC3=O)cc(I)c1O. The number of fused-ring (bicyclic) bond motifs is 3. The number of allylic oxidation sites excluding steroid dienone is 6. The Morgan fingerprint density at radius 1 is 1.05 bits per heavy atom. The number of carbonyl (C=O) groups is 4. The van der Waals surface area contributed by atoms with E-state index >= 15 is 0 Å². The van der Waals surface area contributed by atoms with Crippen LogP contribution in [0.25, 0.3) is 0 Å². The number of carbonyl (C=O) groups excluding carboxylic acids is 4. The second kappa shape index (κ2) is 9.69. The molecule has 2 amide bonds. The minimum atomic E-state index is -0.683. The van der Waals surface area contributed by atoms with Crippen molar-refractivity contribution < 1.29 is 29.0 Å². The number of phenolic OH excluding ortho intramolecular Hbond substituents is 1. The molecule has 3 aliphatic carbocycles. The van der Waals surface area contributed by atoms with Crippen LogP contribution in [0.4, 0.5) is 5.69 Å². The molecule has 0 unspecified atom stereocenters. The lowest BCUT2D eigenvalue weighted by Gasteiger charge is -2.42. The molecule has 2 aromatic carbocycles. The summed E-state index contributed by atoms with van der Waals surface area (Å²) in [6.45, 7) is 3.48. The van der Waals surface area contributed by atoms with Gasteiger partial charge in [0.05, 0.1) is 28.2 Å². The number of aromatic hydroxyl groups is 1. The number of anilines is 1. The highest BCUT2D eigenvalue weighted by molar-refractivity contribution is 14.1. The fraction of sp³-hybridized carbons (Fsp3) is 0.290. The van der Waals surface area contributed by atoms with Gasteiger partial charge in [0.2, 0.25) is 11.8 Å². The van der Waals surface area contributed by atoms with Gasteiger partial charge in [0.25, 0.3) is 0 Å². The predicted octanol–water partition coefficient (Wildman–Crippen LogP) is 5.60. The number of phenols is 1. The highest BCUT2D eigenvalue weighted by Crippen LogP contribution is 2.56. The van der Waals surface area contributed by atoms with Gasteiger partial charge in [-0.2, -0.15) is 0 Å². The van der Waals surface area contributed by atoms with Gasteiger partial charge < -0.3 is 9.84 Å². The lowest BCUT2D eigenvalue weighted by atomic mass is 9.59. The third kappa shape index (κ3) is 3.90. The number of amides is 2. The Balaban J connectivity index is 1.50. The van der Waals surface area contributed by atoms with Crippen LogP contribution in [0, 0.1) is 28.2 Å². The van der Waals surface area contributed by atoms with Crippen molar-refractivity contribution in [3.63, 3.8) is 0 Å². The smallest absolute Gasteiger partial charge is 0.238 e. The van der Waals surface area contributed by atoms with Crippen LogP contribution >= 0.6 is 34.2 Å². The summed E-state index contributed by atoms with van der Waals surface area (Å²) in [5.41, 5.74) is 3.91. The van der Waals surface area contributed by atoms with Crippen LogP contribution in [0.3, 0.4) is 0 Å². The Hall–Kier alpha value is -3.24. The van der Waals surface area contributed by atoms with Crippen molar-refractivity contribution in [2.24, 2.45) is 17.8 Å². The zero-order valence-corrected chi connectivity index (χ0v) is 24.9. The number of hydrogen-bond acceptors (Lipinski definition) is 6. The number of rotatable bonds is 3. The maximum atomic E-state index is 14.0. The van der Waals surface area contributed by atoms with Crippen molar-refractivity contribution in [2.45, 2.75) is 32.6 Å². The molecule has 0 saturated carbocycles. The molecule has 4 atom stereocenters. The van der Waals surface area contributed by atoms with Crippen LogP contribution in [0.15, 0.2) is 64.8 Å². The summed E-state index contributed by atoms with van der Waals surface area (Å²) in [7, 11) is 1.45. The van der Waals surface area contributed by atoms with E-state index in [0.717, 1.165) is 11.1 Å². The summed E-state index contributed by atoms with van der Waals surface area (Å²) >= 11 is 8.34. The van der Waals surface area contributed by atoms with Gasteiger partial charge in [0.15, 0.2) is 23.1 Å². The zero-order valence-electron chi connectivity index (χ0n) is 22.0. The third-order valence-electron chi connectivity index (χ3n) is 8.58. The lowest BCUT2D eigenvalue weighted by Crippen LogP contribution is -2.39. The average molecular weight is 670 g/mol. The highest BCUT2D eigenvalue weighted by Gasteiger charge is 2.56. The van der Waals surface area contributed by atoms with Crippen LogP contribution in [-0.4, -0.2) is 35.6 Å². The van der Waals surface area contributed by atoms with Crippen molar-refractivity contribution >= 4 is 63.3 Å². The van der Waals surface area contributed by atoms with Crippen molar-refractivity contribution in [3.8, 4) is 11.5 Å². The van der Waals surface area contributed by atoms with E-state index in [1.54, 1.807) is 37.3 Å². The number of nitrogens with zero attached hydrogens (tertiary/aromatic N) is 1. The Labute approximate surface area is 249 Å². The second-order valence-corrected chi connectivity index (χ2v) is 12.3. The molecule has 9 heteroatoms. The molecule has 1 N–H and O–H groups in total. The minimum absolute atomic E-state index is 0.0165. The molecule has 204 valence electrons. The van der Waals surface area contributed by atoms with Gasteiger partial charge in [-0.25, -0.2) is 4.90 Å². The first kappa shape index (κ1) is 27.0. The Morgan fingerprint density at radius 3 is 2.50 bits per heavy atom. The molecule has 4 aliphatic rings. The summed E-state index contributed by atoms with van der Waals surface area (Å²) < 4.78 is 5.94. The topological polar surface area (TPSA) is 101 Å². The molecular formula is C31H25ClINO6. The van der Waals surface area contributed by atoms with Crippen LogP contribution in [0.5, 0.6) is 11.5 Å². The second-order valence-electron chi connectivity index (χ2n) is 10.7. The zero-order chi connectivity index (χ0) is 28.6. The molecule has 0 aromatic heterocycles. The first-order valence-corrected chi connectivity index (χ1v) is 14.4. The lowest BCUT2D eigenvalue weighted by molar-refractivity contribution is -0.123. The first-order valence-electron chi connectivity index (χ1n) is 12.9. The van der Waals surface area contributed by atoms with Crippen LogP contribution < -0.4 is 9.64 Å². The van der Waals surface area contributed by atoms with E-state index < -0.39 is 23.7 Å². The molecule has 1 heterocycles. The monoisotopic (exact) mass is 669 g/mol. The van der Waals surface area contributed by atoms with Crippen molar-refractivity contribution in [2.75, 3.05) is 12.0 Å². The number of benzene rings is 2. The fourth-order valence-electron chi connectivity index (χ4n) is 6.63. The van der Waals surface area contributed by atoms with Gasteiger partial charge in [0, 0.05) is 27.7 Å². The molecular weight excluding hydrogens is 645 g/mol. The summed E-state index contributed by atoms with van der Waals surface area (Å²) in [5.74, 6) is -3.19.